The Balaban J connectivity index is 1.94. The molecule has 0 aliphatic carbocycles. The van der Waals surface area contributed by atoms with E-state index in [-0.39, 0.29) is 17.5 Å². The third-order valence-electron chi connectivity index (χ3n) is 3.67. The zero-order chi connectivity index (χ0) is 14.3. The normalized spacial score (nSPS) is 24.4. The van der Waals surface area contributed by atoms with Crippen molar-refractivity contribution in [2.45, 2.75) is 13.0 Å². The van der Waals surface area contributed by atoms with Crippen LogP contribution in [0.2, 0.25) is 0 Å². The van der Waals surface area contributed by atoms with E-state index in [9.17, 15) is 8.42 Å². The van der Waals surface area contributed by atoms with Crippen molar-refractivity contribution < 1.29 is 17.9 Å². The zero-order valence-corrected chi connectivity index (χ0v) is 12.1. The molecular formula is C13H18N2O4S. The maximum Gasteiger partial charge on any atom is 0.163 e. The van der Waals surface area contributed by atoms with Gasteiger partial charge in [0.2, 0.25) is 0 Å². The first-order valence-corrected chi connectivity index (χ1v) is 8.44. The van der Waals surface area contributed by atoms with E-state index in [2.05, 4.69) is 0 Å². The monoisotopic (exact) mass is 298 g/mol. The summed E-state index contributed by atoms with van der Waals surface area (Å²) in [7, 11) is -2.94. The summed E-state index contributed by atoms with van der Waals surface area (Å²) >= 11 is 0. The van der Waals surface area contributed by atoms with Crippen molar-refractivity contribution in [1.82, 2.24) is 0 Å². The molecule has 2 aliphatic heterocycles. The molecule has 2 N–H and O–H groups in total. The maximum absolute atomic E-state index is 11.7. The van der Waals surface area contributed by atoms with E-state index in [0.717, 1.165) is 5.69 Å². The lowest BCUT2D eigenvalue weighted by Crippen LogP contribution is -2.47. The van der Waals surface area contributed by atoms with Crippen LogP contribution in [0.25, 0.3) is 0 Å². The molecule has 110 valence electrons. The Bertz CT molecular complexity index is 630. The standard InChI is InChI=1S/C13H18N2O4S/c1-9-8-20(16,17)5-2-15(9)11-7-13-12(6-10(11)14)18-3-4-19-13/h6-7,9H,2-5,8,14H2,1H3. The number of anilines is 2. The number of sulfone groups is 1. The molecule has 1 fully saturated rings. The van der Waals surface area contributed by atoms with Crippen molar-refractivity contribution in [2.75, 3.05) is 41.9 Å². The summed E-state index contributed by atoms with van der Waals surface area (Å²) in [5.74, 6) is 1.63. The second-order valence-electron chi connectivity index (χ2n) is 5.21. The number of hydrogen-bond acceptors (Lipinski definition) is 6. The Hall–Kier alpha value is -1.63. The van der Waals surface area contributed by atoms with Gasteiger partial charge in [0.05, 0.1) is 22.9 Å². The molecule has 0 radical (unpaired) electrons. The van der Waals surface area contributed by atoms with Gasteiger partial charge in [-0.2, -0.15) is 0 Å². The number of rotatable bonds is 1. The summed E-state index contributed by atoms with van der Waals surface area (Å²) in [6, 6.07) is 3.50. The minimum Gasteiger partial charge on any atom is -0.486 e. The lowest BCUT2D eigenvalue weighted by Gasteiger charge is -2.36. The number of fused-ring (bicyclic) bond motifs is 1. The highest BCUT2D eigenvalue weighted by atomic mass is 32.2. The third-order valence-corrected chi connectivity index (χ3v) is 5.47. The first-order valence-electron chi connectivity index (χ1n) is 6.62. The van der Waals surface area contributed by atoms with Crippen LogP contribution < -0.4 is 20.1 Å². The number of hydrogen-bond donors (Lipinski definition) is 1. The number of nitrogens with two attached hydrogens (primary N) is 1. The number of benzene rings is 1. The van der Waals surface area contributed by atoms with Crippen LogP contribution in [0.3, 0.4) is 0 Å². The quantitative estimate of drug-likeness (QED) is 0.767. The molecule has 6 nitrogen and oxygen atoms in total. The lowest BCUT2D eigenvalue weighted by molar-refractivity contribution is 0.172. The van der Waals surface area contributed by atoms with Crippen LogP contribution in [0.15, 0.2) is 12.1 Å². The molecule has 2 heterocycles. The van der Waals surface area contributed by atoms with Crippen LogP contribution in [0, 0.1) is 0 Å². The fourth-order valence-electron chi connectivity index (χ4n) is 2.70. The Morgan fingerprint density at radius 3 is 2.55 bits per heavy atom. The van der Waals surface area contributed by atoms with Crippen molar-refractivity contribution in [3.63, 3.8) is 0 Å². The molecule has 3 rings (SSSR count). The van der Waals surface area contributed by atoms with Crippen molar-refractivity contribution in [3.05, 3.63) is 12.1 Å². The van der Waals surface area contributed by atoms with Crippen molar-refractivity contribution >= 4 is 21.2 Å². The second kappa shape index (κ2) is 4.73. The van der Waals surface area contributed by atoms with E-state index in [0.29, 0.717) is 36.9 Å². The van der Waals surface area contributed by atoms with Crippen molar-refractivity contribution in [3.8, 4) is 11.5 Å². The fraction of sp³-hybridized carbons (Fsp3) is 0.538. The minimum absolute atomic E-state index is 0.0985. The van der Waals surface area contributed by atoms with Crippen LogP contribution in [-0.2, 0) is 9.84 Å². The SMILES string of the molecule is CC1CS(=O)(=O)CCN1c1cc2c(cc1N)OCCO2. The number of ether oxygens (including phenoxy) is 2. The van der Waals surface area contributed by atoms with Crippen LogP contribution in [0.4, 0.5) is 11.4 Å². The van der Waals surface area contributed by atoms with E-state index in [4.69, 9.17) is 15.2 Å². The molecule has 7 heteroatoms. The number of nitrogens with zero attached hydrogens (tertiary/aromatic N) is 1. The Morgan fingerprint density at radius 2 is 1.90 bits per heavy atom. The van der Waals surface area contributed by atoms with E-state index >= 15 is 0 Å². The lowest BCUT2D eigenvalue weighted by atomic mass is 10.1. The molecule has 1 unspecified atom stereocenters. The molecule has 2 aliphatic rings. The smallest absolute Gasteiger partial charge is 0.163 e. The fourth-order valence-corrected chi connectivity index (χ4v) is 4.26. The Morgan fingerprint density at radius 1 is 1.25 bits per heavy atom. The molecule has 0 spiro atoms. The van der Waals surface area contributed by atoms with Gasteiger partial charge in [-0.25, -0.2) is 8.42 Å². The first kappa shape index (κ1) is 13.4. The molecule has 0 saturated carbocycles. The molecular weight excluding hydrogens is 280 g/mol. The molecule has 0 aromatic heterocycles. The predicted molar refractivity (Wildman–Crippen MR) is 77.3 cm³/mol. The molecule has 1 aromatic carbocycles. The van der Waals surface area contributed by atoms with Gasteiger partial charge < -0.3 is 20.1 Å². The van der Waals surface area contributed by atoms with Crippen LogP contribution in [0.5, 0.6) is 11.5 Å². The van der Waals surface area contributed by atoms with Crippen LogP contribution in [-0.4, -0.2) is 45.7 Å². The highest BCUT2D eigenvalue weighted by Gasteiger charge is 2.30. The average Bonchev–Trinajstić information content (AvgIpc) is 2.37. The predicted octanol–water partition coefficient (Wildman–Crippen LogP) is 0.663. The van der Waals surface area contributed by atoms with Gasteiger partial charge in [-0.05, 0) is 6.92 Å². The summed E-state index contributed by atoms with van der Waals surface area (Å²) in [6.45, 7) is 3.38. The molecule has 0 amide bonds. The third kappa shape index (κ3) is 2.37. The largest absolute Gasteiger partial charge is 0.486 e. The molecule has 20 heavy (non-hydrogen) atoms. The van der Waals surface area contributed by atoms with Crippen LogP contribution in [0.1, 0.15) is 6.92 Å². The Kier molecular flexibility index (Phi) is 3.16. The summed E-state index contributed by atoms with van der Waals surface area (Å²) < 4.78 is 34.4. The van der Waals surface area contributed by atoms with Gasteiger partial charge in [0.1, 0.15) is 13.2 Å². The van der Waals surface area contributed by atoms with Gasteiger partial charge in [0.15, 0.2) is 21.3 Å². The van der Waals surface area contributed by atoms with Gasteiger partial charge in [-0.15, -0.1) is 0 Å². The van der Waals surface area contributed by atoms with Crippen molar-refractivity contribution in [2.24, 2.45) is 0 Å². The van der Waals surface area contributed by atoms with E-state index in [1.165, 1.54) is 0 Å². The maximum atomic E-state index is 11.7. The van der Waals surface area contributed by atoms with E-state index in [1.807, 2.05) is 17.9 Å². The number of nitrogen functional groups attached to an aromatic ring is 1. The average molecular weight is 298 g/mol. The Labute approximate surface area is 118 Å². The molecule has 1 saturated heterocycles. The molecule has 1 atom stereocenters. The van der Waals surface area contributed by atoms with E-state index < -0.39 is 9.84 Å². The van der Waals surface area contributed by atoms with Gasteiger partial charge in [0.25, 0.3) is 0 Å². The first-order chi connectivity index (χ1) is 9.46. The van der Waals surface area contributed by atoms with E-state index in [1.54, 1.807) is 6.07 Å². The topological polar surface area (TPSA) is 81.9 Å². The summed E-state index contributed by atoms with van der Waals surface area (Å²) in [5, 5.41) is 0. The minimum atomic E-state index is -2.94. The van der Waals surface area contributed by atoms with Crippen LogP contribution >= 0.6 is 0 Å². The van der Waals surface area contributed by atoms with Crippen molar-refractivity contribution in [1.29, 1.82) is 0 Å². The van der Waals surface area contributed by atoms with Gasteiger partial charge >= 0.3 is 0 Å². The summed E-state index contributed by atoms with van der Waals surface area (Å²) in [4.78, 5) is 2.02. The zero-order valence-electron chi connectivity index (χ0n) is 11.3. The molecule has 0 bridgehead atoms. The highest BCUT2D eigenvalue weighted by Crippen LogP contribution is 2.39. The van der Waals surface area contributed by atoms with Gasteiger partial charge in [-0.3, -0.25) is 0 Å². The summed E-state index contributed by atoms with van der Waals surface area (Å²) in [5.41, 5.74) is 7.48. The van der Waals surface area contributed by atoms with Gasteiger partial charge in [0, 0.05) is 24.7 Å². The second-order valence-corrected chi connectivity index (χ2v) is 7.44. The van der Waals surface area contributed by atoms with Gasteiger partial charge in [-0.1, -0.05) is 0 Å². The highest BCUT2D eigenvalue weighted by molar-refractivity contribution is 7.91. The molecule has 1 aromatic rings. The summed E-state index contributed by atoms with van der Waals surface area (Å²) in [6.07, 6.45) is 0.